The van der Waals surface area contributed by atoms with Crippen molar-refractivity contribution < 1.29 is 16.8 Å². The maximum Gasteiger partial charge on any atom is 0.307 e. The van der Waals surface area contributed by atoms with Gasteiger partial charge in [-0.15, -0.1) is 10.2 Å². The predicted molar refractivity (Wildman–Crippen MR) is 124 cm³/mol. The summed E-state index contributed by atoms with van der Waals surface area (Å²) in [7, 11) is -6.22. The number of nitrogens with one attached hydrogen (secondary N) is 2. The van der Waals surface area contributed by atoms with Crippen LogP contribution < -0.4 is 14.3 Å². The van der Waals surface area contributed by atoms with E-state index in [1.807, 2.05) is 6.92 Å². The second-order valence-corrected chi connectivity index (χ2v) is 12.1. The Kier molecular flexibility index (Phi) is 5.79. The third-order valence-corrected chi connectivity index (χ3v) is 9.32. The molecule has 0 unspecified atom stereocenters. The lowest BCUT2D eigenvalue weighted by Crippen LogP contribution is -2.14. The molecule has 0 saturated carbocycles. The van der Waals surface area contributed by atoms with Crippen LogP contribution in [0, 0.1) is 0 Å². The Morgan fingerprint density at radius 3 is 2.22 bits per heavy atom. The number of fused-ring (bicyclic) bond motifs is 1. The van der Waals surface area contributed by atoms with Crippen LogP contribution in [0.15, 0.2) is 57.1 Å². The molecule has 2 aromatic carbocycles. The molecule has 4 aromatic rings. The van der Waals surface area contributed by atoms with E-state index in [-0.39, 0.29) is 25.5 Å². The number of thiazole rings is 1. The minimum absolute atomic E-state index is 0.00628. The first-order chi connectivity index (χ1) is 15.1. The number of rotatable bonds is 7. The molecule has 0 aliphatic rings. The van der Waals surface area contributed by atoms with Crippen LogP contribution in [0.3, 0.4) is 0 Å². The van der Waals surface area contributed by atoms with E-state index in [1.165, 1.54) is 41.0 Å². The highest BCUT2D eigenvalue weighted by atomic mass is 32.2. The molecule has 32 heavy (non-hydrogen) atoms. The molecule has 0 atom stereocenters. The molecule has 0 bridgehead atoms. The molecular weight excluding hydrogens is 494 g/mol. The second-order valence-electron chi connectivity index (χ2n) is 6.65. The molecule has 168 valence electrons. The third-order valence-electron chi connectivity index (χ3n) is 4.48. The van der Waals surface area contributed by atoms with Crippen LogP contribution >= 0.6 is 22.7 Å². The SMILES string of the molecule is CCc1nnc(NS(=O)(=O)c2ccc(NS(=O)(=O)c3ccc4c(c3)sc(=O)n4C)cc2)s1. The molecule has 0 amide bonds. The van der Waals surface area contributed by atoms with Gasteiger partial charge in [-0.3, -0.25) is 14.2 Å². The molecule has 0 aliphatic heterocycles. The topological polar surface area (TPSA) is 140 Å². The van der Waals surface area contributed by atoms with Gasteiger partial charge in [0, 0.05) is 12.7 Å². The molecule has 0 radical (unpaired) electrons. The highest BCUT2D eigenvalue weighted by Gasteiger charge is 2.19. The molecule has 0 spiro atoms. The second kappa shape index (κ2) is 8.27. The molecular formula is C18H17N5O5S4. The Labute approximate surface area is 191 Å². The number of aryl methyl sites for hydroxylation is 2. The number of hydrogen-bond acceptors (Lipinski definition) is 9. The van der Waals surface area contributed by atoms with E-state index in [1.54, 1.807) is 13.1 Å². The lowest BCUT2D eigenvalue weighted by atomic mass is 10.3. The average molecular weight is 512 g/mol. The number of anilines is 2. The van der Waals surface area contributed by atoms with Gasteiger partial charge >= 0.3 is 4.87 Å². The Hall–Kier alpha value is -2.81. The van der Waals surface area contributed by atoms with Gasteiger partial charge in [0.2, 0.25) is 5.13 Å². The van der Waals surface area contributed by atoms with Crippen LogP contribution in [0.5, 0.6) is 0 Å². The lowest BCUT2D eigenvalue weighted by molar-refractivity contribution is 0.600. The zero-order chi connectivity index (χ0) is 23.1. The van der Waals surface area contributed by atoms with Crippen molar-refractivity contribution in [2.45, 2.75) is 23.1 Å². The van der Waals surface area contributed by atoms with Gasteiger partial charge in [0.05, 0.1) is 20.0 Å². The smallest absolute Gasteiger partial charge is 0.302 e. The summed E-state index contributed by atoms with van der Waals surface area (Å²) in [6, 6.07) is 9.68. The van der Waals surface area contributed by atoms with Crippen molar-refractivity contribution in [2.75, 3.05) is 9.44 Å². The molecule has 14 heteroatoms. The summed E-state index contributed by atoms with van der Waals surface area (Å²) in [5.41, 5.74) is 0.831. The first-order valence-corrected chi connectivity index (χ1v) is 13.8. The van der Waals surface area contributed by atoms with Crippen LogP contribution in [0.4, 0.5) is 10.8 Å². The van der Waals surface area contributed by atoms with Gasteiger partial charge in [0.25, 0.3) is 20.0 Å². The zero-order valence-corrected chi connectivity index (χ0v) is 20.0. The van der Waals surface area contributed by atoms with Gasteiger partial charge in [-0.1, -0.05) is 29.6 Å². The van der Waals surface area contributed by atoms with Crippen LogP contribution in [-0.4, -0.2) is 31.6 Å². The van der Waals surface area contributed by atoms with Crippen molar-refractivity contribution in [3.8, 4) is 0 Å². The Morgan fingerprint density at radius 1 is 0.906 bits per heavy atom. The Balaban J connectivity index is 1.54. The number of nitrogens with zero attached hydrogens (tertiary/aromatic N) is 3. The molecule has 2 N–H and O–H groups in total. The molecule has 10 nitrogen and oxygen atoms in total. The van der Waals surface area contributed by atoms with Crippen LogP contribution in [-0.2, 0) is 33.5 Å². The van der Waals surface area contributed by atoms with E-state index in [0.717, 1.165) is 22.7 Å². The summed E-state index contributed by atoms with van der Waals surface area (Å²) in [5.74, 6) is 0. The van der Waals surface area contributed by atoms with E-state index in [2.05, 4.69) is 19.6 Å². The van der Waals surface area contributed by atoms with Crippen molar-refractivity contribution in [1.82, 2.24) is 14.8 Å². The zero-order valence-electron chi connectivity index (χ0n) is 16.8. The first kappa shape index (κ1) is 22.4. The maximum absolute atomic E-state index is 12.8. The molecule has 0 saturated heterocycles. The normalized spacial score (nSPS) is 12.2. The molecule has 2 heterocycles. The van der Waals surface area contributed by atoms with Gasteiger partial charge < -0.3 is 4.57 Å². The van der Waals surface area contributed by atoms with Crippen LogP contribution in [0.25, 0.3) is 10.2 Å². The minimum Gasteiger partial charge on any atom is -0.302 e. The summed E-state index contributed by atoms with van der Waals surface area (Å²) in [4.78, 5) is 11.5. The summed E-state index contributed by atoms with van der Waals surface area (Å²) in [5, 5.41) is 8.52. The summed E-state index contributed by atoms with van der Waals surface area (Å²) in [6.07, 6.45) is 0.643. The predicted octanol–water partition coefficient (Wildman–Crippen LogP) is 2.62. The van der Waals surface area contributed by atoms with Crippen molar-refractivity contribution in [3.63, 3.8) is 0 Å². The van der Waals surface area contributed by atoms with E-state index >= 15 is 0 Å². The van der Waals surface area contributed by atoms with E-state index in [0.29, 0.717) is 21.6 Å². The largest absolute Gasteiger partial charge is 0.307 e. The number of hydrogen-bond donors (Lipinski definition) is 2. The first-order valence-electron chi connectivity index (χ1n) is 9.17. The fourth-order valence-electron chi connectivity index (χ4n) is 2.81. The van der Waals surface area contributed by atoms with Gasteiger partial charge in [0.1, 0.15) is 5.01 Å². The standard InChI is InChI=1S/C18H17N5O5S4/c1-3-16-19-20-17(30-16)22-31(25,26)12-6-4-11(5-7-12)21-32(27,28)13-8-9-14-15(10-13)29-18(24)23(14)2/h4-10,21H,3H2,1-2H3,(H,20,22). The van der Waals surface area contributed by atoms with E-state index in [9.17, 15) is 21.6 Å². The van der Waals surface area contributed by atoms with Crippen molar-refractivity contribution in [1.29, 1.82) is 0 Å². The van der Waals surface area contributed by atoms with Gasteiger partial charge in [-0.25, -0.2) is 16.8 Å². The minimum atomic E-state index is -3.94. The fraction of sp³-hybridized carbons (Fsp3) is 0.167. The van der Waals surface area contributed by atoms with E-state index < -0.39 is 20.0 Å². The van der Waals surface area contributed by atoms with Gasteiger partial charge in [-0.2, -0.15) is 0 Å². The number of benzene rings is 2. The monoisotopic (exact) mass is 511 g/mol. The average Bonchev–Trinajstić information content (AvgIpc) is 3.31. The summed E-state index contributed by atoms with van der Waals surface area (Å²) in [6.45, 7) is 1.89. The fourth-order valence-corrected chi connectivity index (χ4v) is 6.80. The number of aromatic nitrogens is 3. The molecule has 0 aliphatic carbocycles. The van der Waals surface area contributed by atoms with Crippen LogP contribution in [0.2, 0.25) is 0 Å². The third kappa shape index (κ3) is 4.39. The molecule has 2 aromatic heterocycles. The number of sulfonamides is 2. The van der Waals surface area contributed by atoms with Crippen LogP contribution in [0.1, 0.15) is 11.9 Å². The van der Waals surface area contributed by atoms with Gasteiger partial charge in [-0.05, 0) is 48.9 Å². The molecule has 4 rings (SSSR count). The summed E-state index contributed by atoms with van der Waals surface area (Å²) < 4.78 is 57.4. The summed E-state index contributed by atoms with van der Waals surface area (Å²) >= 11 is 2.10. The van der Waals surface area contributed by atoms with Crippen molar-refractivity contribution in [3.05, 3.63) is 57.1 Å². The van der Waals surface area contributed by atoms with Gasteiger partial charge in [0.15, 0.2) is 0 Å². The Bertz CT molecular complexity index is 1570. The highest BCUT2D eigenvalue weighted by Crippen LogP contribution is 2.25. The maximum atomic E-state index is 12.8. The Morgan fingerprint density at radius 2 is 1.56 bits per heavy atom. The molecule has 0 fully saturated rings. The van der Waals surface area contributed by atoms with Crippen molar-refractivity contribution in [2.24, 2.45) is 7.05 Å². The van der Waals surface area contributed by atoms with E-state index in [4.69, 9.17) is 0 Å². The quantitative estimate of drug-likeness (QED) is 0.389. The lowest BCUT2D eigenvalue weighted by Gasteiger charge is -2.10. The highest BCUT2D eigenvalue weighted by molar-refractivity contribution is 7.93. The van der Waals surface area contributed by atoms with Crippen molar-refractivity contribution >= 4 is 63.8 Å².